The van der Waals surface area contributed by atoms with Gasteiger partial charge in [0.05, 0.1) is 5.52 Å². The number of hydrogen-bond acceptors (Lipinski definition) is 3. The number of nitrogens with zero attached hydrogens (tertiary/aromatic N) is 1. The summed E-state index contributed by atoms with van der Waals surface area (Å²) >= 11 is 0. The van der Waals surface area contributed by atoms with Gasteiger partial charge in [-0.3, -0.25) is 4.79 Å². The van der Waals surface area contributed by atoms with Crippen molar-refractivity contribution in [3.05, 3.63) is 53.1 Å². The van der Waals surface area contributed by atoms with E-state index in [1.165, 1.54) is 6.07 Å². The summed E-state index contributed by atoms with van der Waals surface area (Å²) in [5, 5.41) is 4.10. The van der Waals surface area contributed by atoms with Crippen LogP contribution in [0.25, 0.3) is 10.9 Å². The number of aromatic nitrogens is 3. The lowest BCUT2D eigenvalue weighted by Gasteiger charge is -2.04. The topological polar surface area (TPSA) is 73.6 Å². The Morgan fingerprint density at radius 3 is 2.88 bits per heavy atom. The summed E-state index contributed by atoms with van der Waals surface area (Å²) in [6.07, 6.45) is 3.41. The van der Waals surface area contributed by atoms with E-state index >= 15 is 0 Å². The Morgan fingerprint density at radius 1 is 1.18 bits per heavy atom. The van der Waals surface area contributed by atoms with Crippen LogP contribution in [0.3, 0.4) is 0 Å². The third kappa shape index (κ3) is 1.90. The largest absolute Gasteiger partial charge is 0.331 e. The van der Waals surface area contributed by atoms with Gasteiger partial charge in [0, 0.05) is 24.1 Å². The van der Waals surface area contributed by atoms with Crippen LogP contribution in [-0.2, 0) is 0 Å². The van der Waals surface area contributed by atoms with Gasteiger partial charge >= 0.3 is 0 Å². The molecule has 3 aromatic rings. The van der Waals surface area contributed by atoms with Gasteiger partial charge in [-0.1, -0.05) is 6.07 Å². The normalized spacial score (nSPS) is 10.6. The highest BCUT2D eigenvalue weighted by Gasteiger charge is 1.99. The second kappa shape index (κ2) is 3.79. The van der Waals surface area contributed by atoms with Crippen molar-refractivity contribution < 1.29 is 0 Å². The van der Waals surface area contributed by atoms with Crippen LogP contribution in [-0.4, -0.2) is 15.0 Å². The van der Waals surface area contributed by atoms with E-state index in [0.29, 0.717) is 5.95 Å². The number of aromatic amines is 2. The fourth-order valence-corrected chi connectivity index (χ4v) is 1.70. The highest BCUT2D eigenvalue weighted by atomic mass is 16.1. The van der Waals surface area contributed by atoms with Crippen LogP contribution in [0.4, 0.5) is 11.6 Å². The quantitative estimate of drug-likeness (QED) is 0.625. The molecule has 84 valence electrons. The van der Waals surface area contributed by atoms with Crippen LogP contribution in [0.2, 0.25) is 0 Å². The predicted molar refractivity (Wildman–Crippen MR) is 66.4 cm³/mol. The summed E-state index contributed by atoms with van der Waals surface area (Å²) in [4.78, 5) is 21.0. The molecule has 0 fully saturated rings. The molecular formula is C12H10N4O. The number of imidazole rings is 1. The molecule has 0 aliphatic heterocycles. The molecule has 0 bridgehead atoms. The zero-order valence-electron chi connectivity index (χ0n) is 8.90. The maximum Gasteiger partial charge on any atom is 0.248 e. The molecule has 0 atom stereocenters. The van der Waals surface area contributed by atoms with E-state index in [4.69, 9.17) is 0 Å². The van der Waals surface area contributed by atoms with Crippen LogP contribution in [0.1, 0.15) is 0 Å². The summed E-state index contributed by atoms with van der Waals surface area (Å²) in [6, 6.07) is 9.06. The van der Waals surface area contributed by atoms with Crippen molar-refractivity contribution in [1.29, 1.82) is 0 Å². The van der Waals surface area contributed by atoms with E-state index in [-0.39, 0.29) is 5.56 Å². The summed E-state index contributed by atoms with van der Waals surface area (Å²) in [5.74, 6) is 0.669. The van der Waals surface area contributed by atoms with E-state index in [2.05, 4.69) is 20.3 Å². The van der Waals surface area contributed by atoms with Crippen LogP contribution in [0, 0.1) is 0 Å². The van der Waals surface area contributed by atoms with E-state index in [9.17, 15) is 4.79 Å². The second-order valence-corrected chi connectivity index (χ2v) is 3.69. The van der Waals surface area contributed by atoms with Crippen molar-refractivity contribution in [1.82, 2.24) is 15.0 Å². The molecule has 0 unspecified atom stereocenters. The average Bonchev–Trinajstić information content (AvgIpc) is 2.81. The summed E-state index contributed by atoms with van der Waals surface area (Å²) in [5.41, 5.74) is 1.57. The smallest absolute Gasteiger partial charge is 0.248 e. The fraction of sp³-hybridized carbons (Fsp3) is 0. The van der Waals surface area contributed by atoms with E-state index in [1.54, 1.807) is 18.5 Å². The van der Waals surface area contributed by atoms with Crippen molar-refractivity contribution in [2.75, 3.05) is 5.32 Å². The molecule has 0 aliphatic carbocycles. The highest BCUT2D eigenvalue weighted by Crippen LogP contribution is 2.18. The number of benzene rings is 1. The molecule has 0 saturated heterocycles. The summed E-state index contributed by atoms with van der Waals surface area (Å²) in [6.45, 7) is 0. The first-order valence-electron chi connectivity index (χ1n) is 5.21. The number of hydrogen-bond donors (Lipinski definition) is 3. The average molecular weight is 226 g/mol. The van der Waals surface area contributed by atoms with Gasteiger partial charge in [0.1, 0.15) is 0 Å². The standard InChI is InChI=1S/C12H10N4O/c17-11-4-2-8-1-3-9(7-10(8)16-11)15-12-13-5-6-14-12/h1-7H,(H,16,17)(H2,13,14,15). The van der Waals surface area contributed by atoms with Crippen LogP contribution >= 0.6 is 0 Å². The number of pyridine rings is 1. The van der Waals surface area contributed by atoms with Gasteiger partial charge in [-0.25, -0.2) is 4.98 Å². The van der Waals surface area contributed by atoms with E-state index in [0.717, 1.165) is 16.6 Å². The molecule has 0 spiro atoms. The van der Waals surface area contributed by atoms with Gasteiger partial charge in [-0.2, -0.15) is 0 Å². The van der Waals surface area contributed by atoms with Crippen molar-refractivity contribution in [2.45, 2.75) is 0 Å². The molecule has 0 saturated carbocycles. The SMILES string of the molecule is O=c1ccc2ccc(Nc3ncc[nH]3)cc2[nH]1. The molecule has 5 heteroatoms. The van der Waals surface area contributed by atoms with Gasteiger partial charge in [-0.05, 0) is 23.6 Å². The minimum Gasteiger partial charge on any atom is -0.331 e. The van der Waals surface area contributed by atoms with Crippen LogP contribution in [0.5, 0.6) is 0 Å². The molecule has 0 radical (unpaired) electrons. The minimum absolute atomic E-state index is 0.104. The maximum atomic E-state index is 11.2. The lowest BCUT2D eigenvalue weighted by Crippen LogP contribution is -2.02. The fourth-order valence-electron chi connectivity index (χ4n) is 1.70. The number of fused-ring (bicyclic) bond motifs is 1. The van der Waals surface area contributed by atoms with E-state index in [1.807, 2.05) is 18.2 Å². The molecule has 5 nitrogen and oxygen atoms in total. The first-order chi connectivity index (χ1) is 8.31. The number of H-pyrrole nitrogens is 2. The van der Waals surface area contributed by atoms with Crippen LogP contribution in [0.15, 0.2) is 47.5 Å². The Balaban J connectivity index is 2.04. The molecule has 3 rings (SSSR count). The highest BCUT2D eigenvalue weighted by molar-refractivity contribution is 5.82. The monoisotopic (exact) mass is 226 g/mol. The number of anilines is 2. The van der Waals surface area contributed by atoms with Gasteiger partial charge in [-0.15, -0.1) is 0 Å². The first kappa shape index (κ1) is 9.65. The Hall–Kier alpha value is -2.56. The summed E-state index contributed by atoms with van der Waals surface area (Å²) < 4.78 is 0. The minimum atomic E-state index is -0.104. The van der Waals surface area contributed by atoms with Crippen molar-refractivity contribution in [3.63, 3.8) is 0 Å². The molecule has 0 amide bonds. The van der Waals surface area contributed by atoms with Gasteiger partial charge in [0.15, 0.2) is 0 Å². The first-order valence-corrected chi connectivity index (χ1v) is 5.21. The molecule has 2 aromatic heterocycles. The Morgan fingerprint density at radius 2 is 2.06 bits per heavy atom. The molecule has 3 N–H and O–H groups in total. The predicted octanol–water partition coefficient (Wildman–Crippen LogP) is 1.99. The van der Waals surface area contributed by atoms with Gasteiger partial charge < -0.3 is 15.3 Å². The maximum absolute atomic E-state index is 11.2. The van der Waals surface area contributed by atoms with Crippen molar-refractivity contribution >= 4 is 22.5 Å². The zero-order chi connectivity index (χ0) is 11.7. The number of rotatable bonds is 2. The lowest BCUT2D eigenvalue weighted by molar-refractivity contribution is 1.28. The molecule has 2 heterocycles. The molecular weight excluding hydrogens is 216 g/mol. The molecule has 0 aliphatic rings. The molecule has 17 heavy (non-hydrogen) atoms. The van der Waals surface area contributed by atoms with E-state index < -0.39 is 0 Å². The molecule has 1 aromatic carbocycles. The Bertz CT molecular complexity index is 700. The second-order valence-electron chi connectivity index (χ2n) is 3.69. The van der Waals surface area contributed by atoms with Crippen molar-refractivity contribution in [3.8, 4) is 0 Å². The van der Waals surface area contributed by atoms with Gasteiger partial charge in [0.25, 0.3) is 0 Å². The third-order valence-corrected chi connectivity index (χ3v) is 2.49. The number of nitrogens with one attached hydrogen (secondary N) is 3. The van der Waals surface area contributed by atoms with Crippen molar-refractivity contribution in [2.24, 2.45) is 0 Å². The van der Waals surface area contributed by atoms with Gasteiger partial charge in [0.2, 0.25) is 11.5 Å². The Kier molecular flexibility index (Phi) is 2.15. The summed E-state index contributed by atoms with van der Waals surface area (Å²) in [7, 11) is 0. The zero-order valence-corrected chi connectivity index (χ0v) is 8.90. The van der Waals surface area contributed by atoms with Crippen LogP contribution < -0.4 is 10.9 Å². The third-order valence-electron chi connectivity index (χ3n) is 2.49. The lowest BCUT2D eigenvalue weighted by atomic mass is 10.2. The Labute approximate surface area is 96.5 Å².